The number of ether oxygens (including phenoxy) is 1. The first kappa shape index (κ1) is 31.3. The number of halogens is 3. The highest BCUT2D eigenvalue weighted by Gasteiger charge is 2.31. The van der Waals surface area contributed by atoms with E-state index in [1.54, 1.807) is 24.3 Å². The van der Waals surface area contributed by atoms with Crippen molar-refractivity contribution in [3.63, 3.8) is 0 Å². The third kappa shape index (κ3) is 8.95. The molecule has 0 heterocycles. The second-order valence-electron chi connectivity index (χ2n) is 11.4. The van der Waals surface area contributed by atoms with Gasteiger partial charge in [-0.2, -0.15) is 0 Å². The molecular formula is C35H34F3NO4. The zero-order valence-electron chi connectivity index (χ0n) is 24.3. The minimum Gasteiger partial charge on any atom is -0.481 e. The summed E-state index contributed by atoms with van der Waals surface area (Å²) < 4.78 is 41.9. The molecule has 0 saturated heterocycles. The fourth-order valence-corrected chi connectivity index (χ4v) is 4.75. The lowest BCUT2D eigenvalue weighted by atomic mass is 9.85. The lowest BCUT2D eigenvalue weighted by Crippen LogP contribution is -2.25. The minimum atomic E-state index is -4.75. The van der Waals surface area contributed by atoms with Crippen LogP contribution in [0.4, 0.5) is 13.2 Å². The number of nitrogens with one attached hydrogen (secondary N) is 1. The van der Waals surface area contributed by atoms with Gasteiger partial charge in [-0.1, -0.05) is 87.5 Å². The molecule has 0 spiro atoms. The lowest BCUT2D eigenvalue weighted by molar-refractivity contribution is -0.274. The molecule has 8 heteroatoms. The average molecular weight is 590 g/mol. The van der Waals surface area contributed by atoms with Crippen LogP contribution >= 0.6 is 0 Å². The van der Waals surface area contributed by atoms with Crippen LogP contribution in [0.15, 0.2) is 91.0 Å². The van der Waals surface area contributed by atoms with Gasteiger partial charge in [0.2, 0.25) is 0 Å². The summed E-state index contributed by atoms with van der Waals surface area (Å²) in [6.45, 7) is 6.55. The molecule has 224 valence electrons. The largest absolute Gasteiger partial charge is 0.573 e. The molecule has 0 unspecified atom stereocenters. The number of benzene rings is 4. The monoisotopic (exact) mass is 589 g/mol. The van der Waals surface area contributed by atoms with E-state index in [4.69, 9.17) is 5.11 Å². The Kier molecular flexibility index (Phi) is 9.59. The van der Waals surface area contributed by atoms with E-state index in [1.807, 2.05) is 24.3 Å². The normalized spacial score (nSPS) is 11.7. The molecule has 4 aromatic rings. The molecule has 0 saturated carbocycles. The molecule has 4 rings (SSSR count). The van der Waals surface area contributed by atoms with Crippen molar-refractivity contribution < 1.29 is 32.6 Å². The van der Waals surface area contributed by atoms with Crippen molar-refractivity contribution in [1.29, 1.82) is 0 Å². The lowest BCUT2D eigenvalue weighted by Gasteiger charge is -2.20. The molecule has 5 nitrogen and oxygen atoms in total. The summed E-state index contributed by atoms with van der Waals surface area (Å²) in [5.41, 5.74) is 7.57. The summed E-state index contributed by atoms with van der Waals surface area (Å²) in [5.74, 6) is -1.57. The molecule has 0 bridgehead atoms. The molecule has 0 aromatic heterocycles. The Morgan fingerprint density at radius 3 is 1.95 bits per heavy atom. The van der Waals surface area contributed by atoms with Gasteiger partial charge >= 0.3 is 12.3 Å². The molecule has 2 N–H and O–H groups in total. The van der Waals surface area contributed by atoms with Gasteiger partial charge < -0.3 is 15.2 Å². The Labute approximate surface area is 249 Å². The Hall–Kier alpha value is -4.59. The second-order valence-corrected chi connectivity index (χ2v) is 11.4. The average Bonchev–Trinajstić information content (AvgIpc) is 2.95. The maximum Gasteiger partial charge on any atom is 0.573 e. The van der Waals surface area contributed by atoms with E-state index in [1.165, 1.54) is 17.7 Å². The Morgan fingerprint density at radius 2 is 1.37 bits per heavy atom. The van der Waals surface area contributed by atoms with Crippen molar-refractivity contribution in [2.45, 2.75) is 51.8 Å². The standard InChI is InChI=1S/C35H34F3NO4/c1-34(2,3)29-15-10-25(11-16-29)31-19-14-27(24-12-17-30(18-13-24)43-35(36,37)38)22-28(31)9-6-23-4-7-26(8-5-23)33(42)39-21-20-32(40)41/h4-5,7-8,10-19,22H,6,9,20-21H2,1-3H3,(H,39,42)(H,40,41). The van der Waals surface area contributed by atoms with Crippen LogP contribution in [-0.4, -0.2) is 29.9 Å². The summed E-state index contributed by atoms with van der Waals surface area (Å²) in [7, 11) is 0. The van der Waals surface area contributed by atoms with Gasteiger partial charge in [0.05, 0.1) is 6.42 Å². The van der Waals surface area contributed by atoms with Gasteiger partial charge in [0.1, 0.15) is 5.75 Å². The van der Waals surface area contributed by atoms with Crippen LogP contribution in [0.5, 0.6) is 5.75 Å². The SMILES string of the molecule is CC(C)(C)c1ccc(-c2ccc(-c3ccc(OC(F)(F)F)cc3)cc2CCc2ccc(C(=O)NCCC(=O)O)cc2)cc1. The van der Waals surface area contributed by atoms with Crippen LogP contribution in [0.25, 0.3) is 22.3 Å². The maximum atomic E-state index is 12.6. The number of carboxylic acid groups (broad SMARTS) is 1. The number of rotatable bonds is 10. The van der Waals surface area contributed by atoms with E-state index in [-0.39, 0.29) is 30.0 Å². The van der Waals surface area contributed by atoms with Crippen LogP contribution in [-0.2, 0) is 23.1 Å². The van der Waals surface area contributed by atoms with Gasteiger partial charge in [0, 0.05) is 12.1 Å². The molecule has 0 aliphatic carbocycles. The first-order chi connectivity index (χ1) is 20.3. The first-order valence-corrected chi connectivity index (χ1v) is 14.0. The zero-order valence-corrected chi connectivity index (χ0v) is 24.3. The van der Waals surface area contributed by atoms with E-state index >= 15 is 0 Å². The number of carbonyl (C=O) groups is 2. The second kappa shape index (κ2) is 13.2. The highest BCUT2D eigenvalue weighted by Crippen LogP contribution is 2.33. The fraction of sp³-hybridized carbons (Fsp3) is 0.257. The first-order valence-electron chi connectivity index (χ1n) is 14.0. The molecular weight excluding hydrogens is 555 g/mol. The van der Waals surface area contributed by atoms with Gasteiger partial charge in [-0.05, 0) is 81.5 Å². The molecule has 0 radical (unpaired) electrons. The van der Waals surface area contributed by atoms with Crippen molar-refractivity contribution in [3.8, 4) is 28.0 Å². The number of aryl methyl sites for hydroxylation is 2. The predicted octanol–water partition coefficient (Wildman–Crippen LogP) is 8.21. The van der Waals surface area contributed by atoms with Crippen LogP contribution < -0.4 is 10.1 Å². The van der Waals surface area contributed by atoms with Gasteiger partial charge in [-0.25, -0.2) is 0 Å². The van der Waals surface area contributed by atoms with Crippen LogP contribution in [0.2, 0.25) is 0 Å². The number of carboxylic acids is 1. The summed E-state index contributed by atoms with van der Waals surface area (Å²) >= 11 is 0. The van der Waals surface area contributed by atoms with Gasteiger partial charge in [0.15, 0.2) is 0 Å². The Balaban J connectivity index is 1.58. The highest BCUT2D eigenvalue weighted by atomic mass is 19.4. The predicted molar refractivity (Wildman–Crippen MR) is 161 cm³/mol. The molecule has 0 aliphatic heterocycles. The van der Waals surface area contributed by atoms with E-state index in [9.17, 15) is 22.8 Å². The molecule has 1 amide bonds. The van der Waals surface area contributed by atoms with E-state index in [0.29, 0.717) is 18.4 Å². The highest BCUT2D eigenvalue weighted by molar-refractivity contribution is 5.94. The fourth-order valence-electron chi connectivity index (χ4n) is 4.75. The third-order valence-corrected chi connectivity index (χ3v) is 7.11. The van der Waals surface area contributed by atoms with Crippen LogP contribution in [0.1, 0.15) is 54.2 Å². The van der Waals surface area contributed by atoms with Gasteiger partial charge in [0.25, 0.3) is 5.91 Å². The summed E-state index contributed by atoms with van der Waals surface area (Å²) in [5, 5.41) is 11.4. The molecule has 0 atom stereocenters. The number of carbonyl (C=O) groups excluding carboxylic acids is 1. The number of alkyl halides is 3. The van der Waals surface area contributed by atoms with E-state index in [2.05, 4.69) is 61.2 Å². The molecule has 43 heavy (non-hydrogen) atoms. The van der Waals surface area contributed by atoms with Gasteiger partial charge in [-0.15, -0.1) is 13.2 Å². The van der Waals surface area contributed by atoms with E-state index in [0.717, 1.165) is 33.4 Å². The summed E-state index contributed by atoms with van der Waals surface area (Å²) in [6, 6.07) is 27.6. The number of hydrogen-bond donors (Lipinski definition) is 2. The van der Waals surface area contributed by atoms with Crippen LogP contribution in [0.3, 0.4) is 0 Å². The van der Waals surface area contributed by atoms with E-state index < -0.39 is 12.3 Å². The number of hydrogen-bond acceptors (Lipinski definition) is 3. The minimum absolute atomic E-state index is 0.0204. The summed E-state index contributed by atoms with van der Waals surface area (Å²) in [6.07, 6.45) is -3.52. The summed E-state index contributed by atoms with van der Waals surface area (Å²) in [4.78, 5) is 23.0. The third-order valence-electron chi connectivity index (χ3n) is 7.11. The Morgan fingerprint density at radius 1 is 0.767 bits per heavy atom. The number of amides is 1. The van der Waals surface area contributed by atoms with Crippen LogP contribution in [0, 0.1) is 0 Å². The molecule has 4 aromatic carbocycles. The van der Waals surface area contributed by atoms with Crippen molar-refractivity contribution in [2.24, 2.45) is 0 Å². The van der Waals surface area contributed by atoms with Crippen molar-refractivity contribution in [3.05, 3.63) is 113 Å². The Bertz CT molecular complexity index is 1550. The van der Waals surface area contributed by atoms with Gasteiger partial charge in [-0.3, -0.25) is 9.59 Å². The topological polar surface area (TPSA) is 75.6 Å². The number of aliphatic carboxylic acids is 1. The quantitative estimate of drug-likeness (QED) is 0.196. The zero-order chi connectivity index (χ0) is 31.2. The molecule has 0 aliphatic rings. The van der Waals surface area contributed by atoms with Crippen molar-refractivity contribution in [2.75, 3.05) is 6.54 Å². The molecule has 0 fully saturated rings. The van der Waals surface area contributed by atoms with Crippen molar-refractivity contribution in [1.82, 2.24) is 5.32 Å². The smallest absolute Gasteiger partial charge is 0.481 e. The maximum absolute atomic E-state index is 12.6. The van der Waals surface area contributed by atoms with Crippen molar-refractivity contribution >= 4 is 11.9 Å².